The van der Waals surface area contributed by atoms with Crippen LogP contribution in [0.5, 0.6) is 0 Å². The zero-order valence-electron chi connectivity index (χ0n) is 12.3. The number of hydrogen-bond donors (Lipinski definition) is 1. The third-order valence-corrected chi connectivity index (χ3v) is 5.72. The molecule has 0 spiro atoms. The van der Waals surface area contributed by atoms with E-state index in [9.17, 15) is 0 Å². The summed E-state index contributed by atoms with van der Waals surface area (Å²) in [4.78, 5) is 4.05. The summed E-state index contributed by atoms with van der Waals surface area (Å²) in [5.41, 5.74) is 10.4. The molecule has 3 rings (SSSR count). The van der Waals surface area contributed by atoms with Gasteiger partial charge in [0.2, 0.25) is 0 Å². The Morgan fingerprint density at radius 2 is 2.24 bits per heavy atom. The number of nitrogens with zero attached hydrogens (tertiary/aromatic N) is 1. The first-order valence-corrected chi connectivity index (χ1v) is 9.19. The molecule has 1 aromatic carbocycles. The molecule has 2 nitrogen and oxygen atoms in total. The van der Waals surface area contributed by atoms with Crippen LogP contribution in [0.3, 0.4) is 0 Å². The van der Waals surface area contributed by atoms with Crippen molar-refractivity contribution >= 4 is 33.0 Å². The van der Waals surface area contributed by atoms with E-state index >= 15 is 0 Å². The minimum absolute atomic E-state index is 0.242. The molecule has 0 saturated heterocycles. The number of halogens is 1. The van der Waals surface area contributed by atoms with Crippen LogP contribution in [0.1, 0.15) is 29.3 Å². The van der Waals surface area contributed by atoms with Gasteiger partial charge in [-0.05, 0) is 54.0 Å². The quantitative estimate of drug-likeness (QED) is 0.873. The fourth-order valence-corrected chi connectivity index (χ4v) is 4.12. The van der Waals surface area contributed by atoms with E-state index in [0.717, 1.165) is 36.8 Å². The van der Waals surface area contributed by atoms with E-state index in [1.807, 2.05) is 11.3 Å². The molecular weight excluding hydrogens is 344 g/mol. The molecule has 2 aromatic rings. The summed E-state index contributed by atoms with van der Waals surface area (Å²) in [6.07, 6.45) is 3.12. The van der Waals surface area contributed by atoms with Crippen LogP contribution in [0, 0.1) is 0 Å². The molecule has 0 aliphatic carbocycles. The highest BCUT2D eigenvalue weighted by Crippen LogP contribution is 2.32. The fourth-order valence-electron chi connectivity index (χ4n) is 2.88. The van der Waals surface area contributed by atoms with E-state index in [2.05, 4.69) is 57.4 Å². The second-order valence-electron chi connectivity index (χ2n) is 5.69. The van der Waals surface area contributed by atoms with Crippen LogP contribution in [0.25, 0.3) is 0 Å². The molecule has 1 atom stereocenters. The van der Waals surface area contributed by atoms with E-state index in [0.29, 0.717) is 0 Å². The second-order valence-corrected chi connectivity index (χ2v) is 7.60. The molecule has 1 aromatic heterocycles. The maximum Gasteiger partial charge on any atom is 0.0440 e. The van der Waals surface area contributed by atoms with Crippen LogP contribution in [0.4, 0.5) is 5.69 Å². The highest BCUT2D eigenvalue weighted by Gasteiger charge is 2.20. The van der Waals surface area contributed by atoms with Crippen molar-refractivity contribution in [3.8, 4) is 0 Å². The fraction of sp³-hybridized carbons (Fsp3) is 0.412. The van der Waals surface area contributed by atoms with Crippen molar-refractivity contribution in [1.29, 1.82) is 0 Å². The maximum atomic E-state index is 6.17. The Morgan fingerprint density at radius 1 is 1.38 bits per heavy atom. The third-order valence-electron chi connectivity index (χ3n) is 4.20. The lowest BCUT2D eigenvalue weighted by Crippen LogP contribution is -2.31. The van der Waals surface area contributed by atoms with Crippen molar-refractivity contribution < 1.29 is 0 Å². The first-order chi connectivity index (χ1) is 10.2. The lowest BCUT2D eigenvalue weighted by atomic mass is 10.0. The van der Waals surface area contributed by atoms with E-state index in [1.165, 1.54) is 16.8 Å². The molecule has 21 heavy (non-hydrogen) atoms. The molecule has 0 saturated carbocycles. The molecular formula is C17H21BrN2S. The topological polar surface area (TPSA) is 29.3 Å². The van der Waals surface area contributed by atoms with Crippen LogP contribution in [0.15, 0.2) is 34.1 Å². The second kappa shape index (κ2) is 6.51. The number of rotatable bonds is 4. The number of fused-ring (bicyclic) bond motifs is 1. The summed E-state index contributed by atoms with van der Waals surface area (Å²) in [6.45, 7) is 4.27. The molecule has 0 bridgehead atoms. The van der Waals surface area contributed by atoms with E-state index < -0.39 is 0 Å². The molecule has 1 aliphatic rings. The predicted octanol–water partition coefficient (Wildman–Crippen LogP) is 4.35. The molecule has 1 unspecified atom stereocenters. The van der Waals surface area contributed by atoms with Crippen LogP contribution < -0.4 is 10.6 Å². The molecule has 1 aliphatic heterocycles. The minimum atomic E-state index is 0.242. The highest BCUT2D eigenvalue weighted by atomic mass is 79.9. The van der Waals surface area contributed by atoms with Gasteiger partial charge in [0.1, 0.15) is 0 Å². The van der Waals surface area contributed by atoms with Crippen molar-refractivity contribution in [1.82, 2.24) is 0 Å². The number of benzene rings is 1. The van der Waals surface area contributed by atoms with E-state index in [-0.39, 0.29) is 6.04 Å². The summed E-state index contributed by atoms with van der Waals surface area (Å²) in [6, 6.07) is 9.10. The SMILES string of the molecule is CCC(N)Cc1ccc(Br)cc1N1CCc2sccc2C1. The van der Waals surface area contributed by atoms with E-state index in [1.54, 1.807) is 4.88 Å². The molecule has 2 N–H and O–H groups in total. The third kappa shape index (κ3) is 3.33. The monoisotopic (exact) mass is 364 g/mol. The Balaban J connectivity index is 1.89. The summed E-state index contributed by atoms with van der Waals surface area (Å²) in [7, 11) is 0. The number of anilines is 1. The summed E-state index contributed by atoms with van der Waals surface area (Å²) >= 11 is 5.50. The van der Waals surface area contributed by atoms with Gasteiger partial charge < -0.3 is 10.6 Å². The molecule has 4 heteroatoms. The van der Waals surface area contributed by atoms with Gasteiger partial charge in [-0.3, -0.25) is 0 Å². The number of thiophene rings is 1. The lowest BCUT2D eigenvalue weighted by Gasteiger charge is -2.31. The van der Waals surface area contributed by atoms with E-state index in [4.69, 9.17) is 5.73 Å². The summed E-state index contributed by atoms with van der Waals surface area (Å²) in [5, 5.41) is 2.21. The van der Waals surface area contributed by atoms with Crippen molar-refractivity contribution in [2.24, 2.45) is 5.73 Å². The van der Waals surface area contributed by atoms with Gasteiger partial charge in [0, 0.05) is 34.2 Å². The van der Waals surface area contributed by atoms with Gasteiger partial charge in [0.25, 0.3) is 0 Å². The van der Waals surface area contributed by atoms with Crippen molar-refractivity contribution in [2.75, 3.05) is 11.4 Å². The predicted molar refractivity (Wildman–Crippen MR) is 95.2 cm³/mol. The molecule has 0 fully saturated rings. The van der Waals surface area contributed by atoms with Crippen LogP contribution in [-0.2, 0) is 19.4 Å². The zero-order valence-corrected chi connectivity index (χ0v) is 14.7. The Labute approximate surface area is 139 Å². The molecule has 0 radical (unpaired) electrons. The van der Waals surface area contributed by atoms with Crippen molar-refractivity contribution in [2.45, 2.75) is 38.8 Å². The normalized spacial score (nSPS) is 15.9. The molecule has 0 amide bonds. The Hall–Kier alpha value is -0.840. The minimum Gasteiger partial charge on any atom is -0.367 e. The standard InChI is InChI=1S/C17H21BrN2S/c1-2-15(19)9-12-3-4-14(18)10-16(12)20-7-5-17-13(11-20)6-8-21-17/h3-4,6,8,10,15H,2,5,7,9,11,19H2,1H3. The van der Waals surface area contributed by atoms with Gasteiger partial charge in [-0.1, -0.05) is 28.9 Å². The van der Waals surface area contributed by atoms with Crippen molar-refractivity contribution in [3.63, 3.8) is 0 Å². The van der Waals surface area contributed by atoms with Gasteiger partial charge in [0.05, 0.1) is 0 Å². The van der Waals surface area contributed by atoms with Gasteiger partial charge in [0.15, 0.2) is 0 Å². The maximum absolute atomic E-state index is 6.17. The smallest absolute Gasteiger partial charge is 0.0440 e. The highest BCUT2D eigenvalue weighted by molar-refractivity contribution is 9.10. The van der Waals surface area contributed by atoms with Gasteiger partial charge >= 0.3 is 0 Å². The van der Waals surface area contributed by atoms with Gasteiger partial charge in [-0.2, -0.15) is 0 Å². The van der Waals surface area contributed by atoms with Crippen molar-refractivity contribution in [3.05, 3.63) is 50.1 Å². The van der Waals surface area contributed by atoms with Crippen LogP contribution >= 0.6 is 27.3 Å². The Morgan fingerprint density at radius 3 is 3.05 bits per heavy atom. The average molecular weight is 365 g/mol. The lowest BCUT2D eigenvalue weighted by molar-refractivity contribution is 0.642. The zero-order chi connectivity index (χ0) is 14.8. The largest absolute Gasteiger partial charge is 0.367 e. The number of nitrogens with two attached hydrogens (primary N) is 1. The van der Waals surface area contributed by atoms with Crippen LogP contribution in [-0.4, -0.2) is 12.6 Å². The summed E-state index contributed by atoms with van der Waals surface area (Å²) in [5.74, 6) is 0. The first kappa shape index (κ1) is 15.1. The molecule has 112 valence electrons. The Bertz CT molecular complexity index is 623. The van der Waals surface area contributed by atoms with Gasteiger partial charge in [-0.15, -0.1) is 11.3 Å². The van der Waals surface area contributed by atoms with Crippen LogP contribution in [0.2, 0.25) is 0 Å². The molecule has 2 heterocycles. The number of hydrogen-bond acceptors (Lipinski definition) is 3. The first-order valence-electron chi connectivity index (χ1n) is 7.51. The van der Waals surface area contributed by atoms with Gasteiger partial charge in [-0.25, -0.2) is 0 Å². The Kier molecular flexibility index (Phi) is 4.67. The average Bonchev–Trinajstić information content (AvgIpc) is 2.96. The summed E-state index contributed by atoms with van der Waals surface area (Å²) < 4.78 is 1.14.